The second kappa shape index (κ2) is 6.75. The van der Waals surface area contributed by atoms with Gasteiger partial charge in [0.05, 0.1) is 10.9 Å². The Bertz CT molecular complexity index is 1270. The van der Waals surface area contributed by atoms with Gasteiger partial charge >= 0.3 is 0 Å². The minimum atomic E-state index is -3.68. The lowest BCUT2D eigenvalue weighted by atomic mass is 10.2. The number of aromatic nitrogens is 4. The van der Waals surface area contributed by atoms with E-state index in [1.54, 1.807) is 31.4 Å². The summed E-state index contributed by atoms with van der Waals surface area (Å²) >= 11 is 1.61. The van der Waals surface area contributed by atoms with Crippen LogP contribution in [0.25, 0.3) is 21.9 Å². The lowest BCUT2D eigenvalue weighted by Crippen LogP contribution is -2.30. The molecule has 10 heteroatoms. The Hall–Kier alpha value is -2.56. The number of thiophene rings is 1. The lowest BCUT2D eigenvalue weighted by molar-refractivity contribution is 0.389. The van der Waals surface area contributed by atoms with Crippen molar-refractivity contribution in [1.29, 1.82) is 0 Å². The topological polar surface area (TPSA) is 94.1 Å². The maximum absolute atomic E-state index is 13.2. The third-order valence-electron chi connectivity index (χ3n) is 5.25. The van der Waals surface area contributed by atoms with Crippen LogP contribution in [-0.2, 0) is 10.0 Å². The molecule has 1 saturated heterocycles. The zero-order valence-corrected chi connectivity index (χ0v) is 17.6. The van der Waals surface area contributed by atoms with E-state index in [1.807, 2.05) is 29.6 Å². The maximum atomic E-state index is 13.2. The molecule has 1 atom stereocenters. The van der Waals surface area contributed by atoms with Gasteiger partial charge in [-0.2, -0.15) is 4.31 Å². The van der Waals surface area contributed by atoms with Crippen LogP contribution in [0.1, 0.15) is 23.9 Å². The van der Waals surface area contributed by atoms with E-state index in [9.17, 15) is 8.42 Å². The van der Waals surface area contributed by atoms with E-state index in [4.69, 9.17) is 9.51 Å². The summed E-state index contributed by atoms with van der Waals surface area (Å²) in [4.78, 5) is 10.5. The zero-order chi connectivity index (χ0) is 20.2. The first kappa shape index (κ1) is 18.5. The Labute approximate surface area is 171 Å². The van der Waals surface area contributed by atoms with Crippen LogP contribution in [0.2, 0.25) is 0 Å². The van der Waals surface area contributed by atoms with Gasteiger partial charge in [-0.1, -0.05) is 11.2 Å². The molecule has 0 saturated carbocycles. The number of hydrogen-bond acceptors (Lipinski definition) is 7. The van der Waals surface area contributed by atoms with Gasteiger partial charge in [0.25, 0.3) is 0 Å². The van der Waals surface area contributed by atoms with Crippen molar-refractivity contribution in [2.24, 2.45) is 0 Å². The summed E-state index contributed by atoms with van der Waals surface area (Å²) in [5.41, 5.74) is 1.97. The lowest BCUT2D eigenvalue weighted by Gasteiger charge is -2.18. The van der Waals surface area contributed by atoms with Gasteiger partial charge in [-0.3, -0.25) is 0 Å². The number of aryl methyl sites for hydroxylation is 2. The molecule has 0 unspecified atom stereocenters. The molecule has 150 valence electrons. The minimum Gasteiger partial charge on any atom is -0.360 e. The molecule has 8 nitrogen and oxygen atoms in total. The van der Waals surface area contributed by atoms with Crippen LogP contribution in [0.3, 0.4) is 0 Å². The quantitative estimate of drug-likeness (QED) is 0.493. The highest BCUT2D eigenvalue weighted by atomic mass is 32.2. The summed E-state index contributed by atoms with van der Waals surface area (Å²) in [6.45, 7) is 4.06. The maximum Gasteiger partial charge on any atom is 0.248 e. The number of rotatable bonds is 4. The van der Waals surface area contributed by atoms with E-state index in [0.29, 0.717) is 31.0 Å². The number of imidazole rings is 1. The van der Waals surface area contributed by atoms with E-state index < -0.39 is 10.0 Å². The molecule has 0 aliphatic carbocycles. The van der Waals surface area contributed by atoms with Crippen molar-refractivity contribution in [3.8, 4) is 10.7 Å². The summed E-state index contributed by atoms with van der Waals surface area (Å²) in [6, 6.07) is 7.75. The number of pyridine rings is 1. The first-order chi connectivity index (χ1) is 14.0. The smallest absolute Gasteiger partial charge is 0.248 e. The Balaban J connectivity index is 1.56. The number of nitrogens with zero attached hydrogens (tertiary/aromatic N) is 5. The van der Waals surface area contributed by atoms with Crippen LogP contribution >= 0.6 is 11.3 Å². The average molecular weight is 430 g/mol. The molecule has 0 bridgehead atoms. The Morgan fingerprint density at radius 3 is 2.83 bits per heavy atom. The Morgan fingerprint density at radius 2 is 2.10 bits per heavy atom. The number of hydrogen-bond donors (Lipinski definition) is 0. The van der Waals surface area contributed by atoms with E-state index in [-0.39, 0.29) is 10.9 Å². The summed E-state index contributed by atoms with van der Waals surface area (Å²) in [5.74, 6) is 1.15. The molecule has 1 aliphatic heterocycles. The summed E-state index contributed by atoms with van der Waals surface area (Å²) in [7, 11) is -3.68. The monoisotopic (exact) mass is 429 g/mol. The molecular weight excluding hydrogens is 410 g/mol. The van der Waals surface area contributed by atoms with E-state index in [0.717, 1.165) is 21.9 Å². The van der Waals surface area contributed by atoms with Crippen molar-refractivity contribution < 1.29 is 12.9 Å². The molecule has 0 radical (unpaired) electrons. The molecular formula is C19H19N5O3S2. The van der Waals surface area contributed by atoms with Gasteiger partial charge in [-0.25, -0.2) is 18.4 Å². The van der Waals surface area contributed by atoms with E-state index >= 15 is 0 Å². The van der Waals surface area contributed by atoms with Crippen LogP contribution in [0, 0.1) is 13.8 Å². The minimum absolute atomic E-state index is 0.0535. The second-order valence-corrected chi connectivity index (χ2v) is 9.91. The molecule has 0 N–H and O–H groups in total. The second-order valence-electron chi connectivity index (χ2n) is 7.09. The van der Waals surface area contributed by atoms with Crippen molar-refractivity contribution >= 4 is 32.5 Å². The highest BCUT2D eigenvalue weighted by Gasteiger charge is 2.38. The highest BCUT2D eigenvalue weighted by Crippen LogP contribution is 2.36. The predicted molar refractivity (Wildman–Crippen MR) is 109 cm³/mol. The molecule has 1 aliphatic rings. The fourth-order valence-electron chi connectivity index (χ4n) is 3.97. The SMILES string of the molecule is Cc1noc(C)c1S(=O)(=O)N1CC[C@H](n2c(-c3cccs3)nc3cccnc32)C1. The standard InChI is InChI=1S/C19H19N5O3S2/c1-12-17(13(2)27-22-12)29(25,26)23-9-7-14(11-23)24-18-15(5-3-8-20-18)21-19(24)16-6-4-10-28-16/h3-6,8,10,14H,7,9,11H2,1-2H3/t14-/m0/s1. The van der Waals surface area contributed by atoms with Crippen molar-refractivity contribution in [2.75, 3.05) is 13.1 Å². The molecule has 5 heterocycles. The molecule has 4 aromatic rings. The third kappa shape index (κ3) is 2.90. The van der Waals surface area contributed by atoms with Gasteiger partial charge in [0.1, 0.15) is 16.1 Å². The Morgan fingerprint density at radius 1 is 1.24 bits per heavy atom. The molecule has 0 amide bonds. The normalized spacial score (nSPS) is 18.1. The summed E-state index contributed by atoms with van der Waals surface area (Å²) < 4.78 is 35.1. The highest BCUT2D eigenvalue weighted by molar-refractivity contribution is 7.89. The van der Waals surface area contributed by atoms with Gasteiger partial charge in [0, 0.05) is 19.3 Å². The van der Waals surface area contributed by atoms with Crippen LogP contribution < -0.4 is 0 Å². The van der Waals surface area contributed by atoms with Crippen molar-refractivity contribution in [3.63, 3.8) is 0 Å². The van der Waals surface area contributed by atoms with Crippen LogP contribution in [0.5, 0.6) is 0 Å². The fraction of sp³-hybridized carbons (Fsp3) is 0.316. The van der Waals surface area contributed by atoms with Crippen LogP contribution in [0.4, 0.5) is 0 Å². The van der Waals surface area contributed by atoms with Gasteiger partial charge in [0.15, 0.2) is 17.2 Å². The third-order valence-corrected chi connectivity index (χ3v) is 8.22. The first-order valence-corrected chi connectivity index (χ1v) is 11.6. The first-order valence-electron chi connectivity index (χ1n) is 9.26. The fourth-order valence-corrected chi connectivity index (χ4v) is 6.46. The molecule has 4 aromatic heterocycles. The van der Waals surface area contributed by atoms with E-state index in [2.05, 4.69) is 14.7 Å². The molecule has 29 heavy (non-hydrogen) atoms. The van der Waals surface area contributed by atoms with Crippen molar-refractivity contribution in [1.82, 2.24) is 24.0 Å². The van der Waals surface area contributed by atoms with E-state index in [1.165, 1.54) is 4.31 Å². The van der Waals surface area contributed by atoms with Gasteiger partial charge < -0.3 is 9.09 Å². The molecule has 5 rings (SSSR count). The predicted octanol–water partition coefficient (Wildman–Crippen LogP) is 3.40. The van der Waals surface area contributed by atoms with Crippen molar-refractivity contribution in [3.05, 3.63) is 47.3 Å². The average Bonchev–Trinajstić information content (AvgIpc) is 3.47. The summed E-state index contributed by atoms with van der Waals surface area (Å²) in [5, 5.41) is 5.82. The molecule has 1 fully saturated rings. The number of sulfonamides is 1. The van der Waals surface area contributed by atoms with Crippen LogP contribution in [0.15, 0.2) is 45.3 Å². The van der Waals surface area contributed by atoms with Crippen LogP contribution in [-0.4, -0.2) is 45.5 Å². The molecule has 0 spiro atoms. The van der Waals surface area contributed by atoms with Gasteiger partial charge in [-0.05, 0) is 43.8 Å². The number of fused-ring (bicyclic) bond motifs is 1. The largest absolute Gasteiger partial charge is 0.360 e. The molecule has 0 aromatic carbocycles. The summed E-state index contributed by atoms with van der Waals surface area (Å²) in [6.07, 6.45) is 2.43. The van der Waals surface area contributed by atoms with Crippen molar-refractivity contribution in [2.45, 2.75) is 31.2 Å². The zero-order valence-electron chi connectivity index (χ0n) is 15.9. The van der Waals surface area contributed by atoms with Gasteiger partial charge in [-0.15, -0.1) is 11.3 Å². The van der Waals surface area contributed by atoms with Gasteiger partial charge in [0.2, 0.25) is 10.0 Å². The Kier molecular flexibility index (Phi) is 4.30.